The number of carbonyl (C=O) groups excluding carboxylic acids is 1. The van der Waals surface area contributed by atoms with Gasteiger partial charge in [0.25, 0.3) is 0 Å². The zero-order valence-electron chi connectivity index (χ0n) is 10.1. The summed E-state index contributed by atoms with van der Waals surface area (Å²) in [4.78, 5) is 16.0. The third-order valence-electron chi connectivity index (χ3n) is 2.40. The summed E-state index contributed by atoms with van der Waals surface area (Å²) in [7, 11) is 0. The molecule has 2 N–H and O–H groups in total. The van der Waals surface area contributed by atoms with E-state index in [-0.39, 0.29) is 6.03 Å². The normalized spacial score (nSPS) is 10.1. The van der Waals surface area contributed by atoms with Crippen LogP contribution >= 0.6 is 27.5 Å². The van der Waals surface area contributed by atoms with Gasteiger partial charge >= 0.3 is 6.03 Å². The molecule has 0 atom stereocenters. The van der Waals surface area contributed by atoms with Gasteiger partial charge in [-0.1, -0.05) is 23.7 Å². The monoisotopic (exact) mass is 339 g/mol. The highest BCUT2D eigenvalue weighted by Crippen LogP contribution is 2.21. The van der Waals surface area contributed by atoms with E-state index in [0.29, 0.717) is 16.5 Å². The molecule has 0 bridgehead atoms. The molecular weight excluding hydrogens is 330 g/mol. The van der Waals surface area contributed by atoms with Crippen LogP contribution in [0, 0.1) is 6.92 Å². The van der Waals surface area contributed by atoms with Crippen LogP contribution in [-0.4, -0.2) is 11.0 Å². The highest BCUT2D eigenvalue weighted by molar-refractivity contribution is 9.10. The molecule has 0 saturated carbocycles. The van der Waals surface area contributed by atoms with Gasteiger partial charge in [-0.15, -0.1) is 0 Å². The number of pyridine rings is 1. The molecule has 6 heteroatoms. The predicted octanol–water partition coefficient (Wildman–Crippen LogP) is 4.45. The second-order valence-corrected chi connectivity index (χ2v) is 5.20. The van der Waals surface area contributed by atoms with Gasteiger partial charge in [0.05, 0.1) is 10.7 Å². The van der Waals surface area contributed by atoms with Crippen LogP contribution in [-0.2, 0) is 0 Å². The molecule has 19 heavy (non-hydrogen) atoms. The average Bonchev–Trinajstić information content (AvgIpc) is 2.36. The van der Waals surface area contributed by atoms with Crippen LogP contribution in [0.2, 0.25) is 5.02 Å². The van der Waals surface area contributed by atoms with Gasteiger partial charge in [0.1, 0.15) is 5.82 Å². The smallest absolute Gasteiger partial charge is 0.306 e. The minimum atomic E-state index is -0.383. The number of benzene rings is 1. The molecule has 4 nitrogen and oxygen atoms in total. The lowest BCUT2D eigenvalue weighted by atomic mass is 10.3. The fraction of sp³-hybridized carbons (Fsp3) is 0.0769. The SMILES string of the molecule is Cc1cc(Br)cnc1NC(=O)Nc1ccccc1Cl. The largest absolute Gasteiger partial charge is 0.324 e. The molecule has 1 aromatic carbocycles. The second kappa shape index (κ2) is 6.04. The highest BCUT2D eigenvalue weighted by Gasteiger charge is 2.08. The van der Waals surface area contributed by atoms with E-state index >= 15 is 0 Å². The summed E-state index contributed by atoms with van der Waals surface area (Å²) in [6.45, 7) is 1.86. The Kier molecular flexibility index (Phi) is 4.39. The molecule has 2 rings (SSSR count). The number of para-hydroxylation sites is 1. The number of nitrogens with zero attached hydrogens (tertiary/aromatic N) is 1. The molecule has 98 valence electrons. The van der Waals surface area contributed by atoms with Gasteiger partial charge in [-0.25, -0.2) is 9.78 Å². The molecule has 0 spiro atoms. The molecule has 2 aromatic rings. The van der Waals surface area contributed by atoms with Crippen molar-refractivity contribution < 1.29 is 4.79 Å². The molecule has 0 radical (unpaired) electrons. The third kappa shape index (κ3) is 3.68. The molecular formula is C13H11BrClN3O. The van der Waals surface area contributed by atoms with Crippen LogP contribution in [0.1, 0.15) is 5.56 Å². The van der Waals surface area contributed by atoms with Gasteiger partial charge in [-0.3, -0.25) is 5.32 Å². The van der Waals surface area contributed by atoms with Crippen molar-refractivity contribution in [1.82, 2.24) is 4.98 Å². The fourth-order valence-electron chi connectivity index (χ4n) is 1.50. The number of carbonyl (C=O) groups is 1. The minimum Gasteiger partial charge on any atom is -0.306 e. The van der Waals surface area contributed by atoms with E-state index in [0.717, 1.165) is 10.0 Å². The van der Waals surface area contributed by atoms with Gasteiger partial charge in [-0.2, -0.15) is 0 Å². The molecule has 0 aliphatic rings. The summed E-state index contributed by atoms with van der Waals surface area (Å²) in [5.41, 5.74) is 1.42. The first-order valence-corrected chi connectivity index (χ1v) is 6.68. The van der Waals surface area contributed by atoms with Crippen molar-refractivity contribution >= 4 is 45.1 Å². The fourth-order valence-corrected chi connectivity index (χ4v) is 2.12. The number of halogens is 2. The predicted molar refractivity (Wildman–Crippen MR) is 80.8 cm³/mol. The summed E-state index contributed by atoms with van der Waals surface area (Å²) < 4.78 is 0.863. The Balaban J connectivity index is 2.08. The topological polar surface area (TPSA) is 54.0 Å². The summed E-state index contributed by atoms with van der Waals surface area (Å²) in [5.74, 6) is 0.507. The highest BCUT2D eigenvalue weighted by atomic mass is 79.9. The van der Waals surface area contributed by atoms with Crippen molar-refractivity contribution in [3.8, 4) is 0 Å². The Morgan fingerprint density at radius 3 is 2.74 bits per heavy atom. The lowest BCUT2D eigenvalue weighted by Gasteiger charge is -2.10. The van der Waals surface area contributed by atoms with Crippen molar-refractivity contribution in [3.05, 3.63) is 51.6 Å². The number of anilines is 2. The van der Waals surface area contributed by atoms with Crippen LogP contribution in [0.5, 0.6) is 0 Å². The van der Waals surface area contributed by atoms with Crippen molar-refractivity contribution in [2.75, 3.05) is 10.6 Å². The summed E-state index contributed by atoms with van der Waals surface area (Å²) in [6.07, 6.45) is 1.62. The number of amides is 2. The van der Waals surface area contributed by atoms with E-state index in [9.17, 15) is 4.79 Å². The van der Waals surface area contributed by atoms with Crippen LogP contribution in [0.25, 0.3) is 0 Å². The molecule has 0 aliphatic carbocycles. The van der Waals surface area contributed by atoms with E-state index in [2.05, 4.69) is 31.5 Å². The van der Waals surface area contributed by atoms with Crippen molar-refractivity contribution in [3.63, 3.8) is 0 Å². The molecule has 1 aromatic heterocycles. The summed E-state index contributed by atoms with van der Waals surface area (Å²) >= 11 is 9.28. The van der Waals surface area contributed by atoms with Crippen LogP contribution < -0.4 is 10.6 Å². The Bertz CT molecular complexity index is 619. The lowest BCUT2D eigenvalue weighted by Crippen LogP contribution is -2.20. The molecule has 1 heterocycles. The maximum absolute atomic E-state index is 11.8. The maximum atomic E-state index is 11.8. The van der Waals surface area contributed by atoms with Crippen LogP contribution in [0.3, 0.4) is 0 Å². The quantitative estimate of drug-likeness (QED) is 0.848. The number of nitrogens with one attached hydrogen (secondary N) is 2. The second-order valence-electron chi connectivity index (χ2n) is 3.88. The number of hydrogen-bond acceptors (Lipinski definition) is 2. The van der Waals surface area contributed by atoms with E-state index < -0.39 is 0 Å². The van der Waals surface area contributed by atoms with E-state index in [1.54, 1.807) is 30.5 Å². The molecule has 0 fully saturated rings. The van der Waals surface area contributed by atoms with Crippen LogP contribution in [0.15, 0.2) is 41.0 Å². The van der Waals surface area contributed by atoms with E-state index in [4.69, 9.17) is 11.6 Å². The molecule has 0 saturated heterocycles. The first-order chi connectivity index (χ1) is 9.06. The first kappa shape index (κ1) is 13.8. The maximum Gasteiger partial charge on any atom is 0.324 e. The van der Waals surface area contributed by atoms with Gasteiger partial charge < -0.3 is 5.32 Å². The Labute approximate surface area is 124 Å². The number of aryl methyl sites for hydroxylation is 1. The Morgan fingerprint density at radius 1 is 1.32 bits per heavy atom. The Morgan fingerprint density at radius 2 is 2.05 bits per heavy atom. The molecule has 2 amide bonds. The number of hydrogen-bond donors (Lipinski definition) is 2. The summed E-state index contributed by atoms with van der Waals surface area (Å²) in [6, 6.07) is 8.52. The summed E-state index contributed by atoms with van der Waals surface area (Å²) in [5, 5.41) is 5.82. The van der Waals surface area contributed by atoms with E-state index in [1.165, 1.54) is 0 Å². The van der Waals surface area contributed by atoms with Crippen LogP contribution in [0.4, 0.5) is 16.3 Å². The van der Waals surface area contributed by atoms with Crippen molar-refractivity contribution in [1.29, 1.82) is 0 Å². The average molecular weight is 341 g/mol. The zero-order valence-corrected chi connectivity index (χ0v) is 12.4. The van der Waals surface area contributed by atoms with Gasteiger partial charge in [0.2, 0.25) is 0 Å². The first-order valence-electron chi connectivity index (χ1n) is 5.51. The Hall–Kier alpha value is -1.59. The van der Waals surface area contributed by atoms with E-state index in [1.807, 2.05) is 13.0 Å². The van der Waals surface area contributed by atoms with Crippen molar-refractivity contribution in [2.24, 2.45) is 0 Å². The standard InChI is InChI=1S/C13H11BrClN3O/c1-8-6-9(14)7-16-12(8)18-13(19)17-11-5-3-2-4-10(11)15/h2-7H,1H3,(H2,16,17,18,19). The number of rotatable bonds is 2. The van der Waals surface area contributed by atoms with Gasteiger partial charge in [0, 0.05) is 10.7 Å². The third-order valence-corrected chi connectivity index (χ3v) is 3.16. The number of aromatic nitrogens is 1. The lowest BCUT2D eigenvalue weighted by molar-refractivity contribution is 0.262. The zero-order chi connectivity index (χ0) is 13.8. The van der Waals surface area contributed by atoms with Crippen molar-refractivity contribution in [2.45, 2.75) is 6.92 Å². The molecule has 0 unspecified atom stereocenters. The van der Waals surface area contributed by atoms with Gasteiger partial charge in [-0.05, 0) is 46.6 Å². The van der Waals surface area contributed by atoms with Gasteiger partial charge in [0.15, 0.2) is 0 Å². The minimum absolute atomic E-state index is 0.383. The number of urea groups is 1. The molecule has 0 aliphatic heterocycles.